The van der Waals surface area contributed by atoms with Gasteiger partial charge in [-0.2, -0.15) is 0 Å². The van der Waals surface area contributed by atoms with Gasteiger partial charge in [0, 0.05) is 12.2 Å². The van der Waals surface area contributed by atoms with E-state index in [4.69, 9.17) is 4.74 Å². The van der Waals surface area contributed by atoms with E-state index in [0.717, 1.165) is 12.8 Å². The first-order valence-electron chi connectivity index (χ1n) is 15.2. The molecule has 39 heavy (non-hydrogen) atoms. The van der Waals surface area contributed by atoms with Gasteiger partial charge in [0.2, 0.25) is 11.8 Å². The Labute approximate surface area is 235 Å². The van der Waals surface area contributed by atoms with Crippen LogP contribution in [0, 0.1) is 0 Å². The molecule has 2 aromatic rings. The predicted octanol–water partition coefficient (Wildman–Crippen LogP) is 8.89. The number of unbranched alkanes of at least 4 members (excludes halogenated alkanes) is 15. The van der Waals surface area contributed by atoms with Crippen LogP contribution in [0.1, 0.15) is 116 Å². The van der Waals surface area contributed by atoms with Crippen molar-refractivity contribution in [2.24, 2.45) is 0 Å². The van der Waals surface area contributed by atoms with Crippen molar-refractivity contribution >= 4 is 17.5 Å². The van der Waals surface area contributed by atoms with Crippen molar-refractivity contribution in [1.29, 1.82) is 0 Å². The number of phenols is 1. The van der Waals surface area contributed by atoms with Crippen molar-refractivity contribution in [3.63, 3.8) is 0 Å². The number of hydrogen-bond donors (Lipinski definition) is 3. The Morgan fingerprint density at radius 1 is 0.615 bits per heavy atom. The molecule has 2 rings (SSSR count). The van der Waals surface area contributed by atoms with Crippen LogP contribution in [0.3, 0.4) is 0 Å². The summed E-state index contributed by atoms with van der Waals surface area (Å²) in [6.07, 6.45) is 21.0. The summed E-state index contributed by atoms with van der Waals surface area (Å²) < 4.78 is 5.69. The maximum atomic E-state index is 12.2. The number of aromatic hydroxyl groups is 1. The summed E-state index contributed by atoms with van der Waals surface area (Å²) in [7, 11) is 0. The van der Waals surface area contributed by atoms with Gasteiger partial charge in [0.15, 0.2) is 0 Å². The molecule has 0 aliphatic carbocycles. The zero-order chi connectivity index (χ0) is 28.0. The standard InChI is InChI=1S/C33H50N2O4/c1-2-3-4-5-6-7-8-9-10-11-12-13-14-15-16-17-26-34-32(37)27-33(38)35-28-18-22-30(23-19-28)39-31-24-20-29(36)21-25-31/h18-25,36H,2-17,26-27H2,1H3,(H,34,37)(H,35,38). The zero-order valence-electron chi connectivity index (χ0n) is 24.0. The fourth-order valence-corrected chi connectivity index (χ4v) is 4.57. The lowest BCUT2D eigenvalue weighted by molar-refractivity contribution is -0.126. The summed E-state index contributed by atoms with van der Waals surface area (Å²) in [4.78, 5) is 24.3. The first-order valence-corrected chi connectivity index (χ1v) is 15.2. The number of carbonyl (C=O) groups is 2. The van der Waals surface area contributed by atoms with E-state index in [1.165, 1.54) is 89.9 Å². The molecule has 0 heterocycles. The minimum Gasteiger partial charge on any atom is -0.508 e. The van der Waals surface area contributed by atoms with Gasteiger partial charge in [-0.15, -0.1) is 0 Å². The van der Waals surface area contributed by atoms with E-state index in [-0.39, 0.29) is 24.0 Å². The molecule has 0 atom stereocenters. The van der Waals surface area contributed by atoms with Gasteiger partial charge in [-0.05, 0) is 55.0 Å². The number of anilines is 1. The maximum absolute atomic E-state index is 12.2. The molecular formula is C33H50N2O4. The number of ether oxygens (including phenoxy) is 1. The molecule has 0 saturated heterocycles. The van der Waals surface area contributed by atoms with Gasteiger partial charge in [0.25, 0.3) is 0 Å². The van der Waals surface area contributed by atoms with Crippen molar-refractivity contribution in [2.75, 3.05) is 11.9 Å². The third kappa shape index (κ3) is 16.5. The van der Waals surface area contributed by atoms with Crippen LogP contribution in [0.15, 0.2) is 48.5 Å². The number of phenolic OH excluding ortho intramolecular Hbond substituents is 1. The summed E-state index contributed by atoms with van der Waals surface area (Å²) >= 11 is 0. The van der Waals surface area contributed by atoms with Gasteiger partial charge in [-0.25, -0.2) is 0 Å². The van der Waals surface area contributed by atoms with Gasteiger partial charge in [-0.3, -0.25) is 9.59 Å². The quantitative estimate of drug-likeness (QED) is 0.103. The van der Waals surface area contributed by atoms with E-state index >= 15 is 0 Å². The highest BCUT2D eigenvalue weighted by molar-refractivity contribution is 6.03. The molecule has 0 aliphatic heterocycles. The Bertz CT molecular complexity index is 912. The minimum atomic E-state index is -0.341. The first-order chi connectivity index (χ1) is 19.1. The van der Waals surface area contributed by atoms with Crippen LogP contribution in [-0.2, 0) is 9.59 Å². The summed E-state index contributed by atoms with van der Waals surface area (Å²) in [5.41, 5.74) is 0.601. The molecule has 0 radical (unpaired) electrons. The second-order valence-electron chi connectivity index (χ2n) is 10.5. The van der Waals surface area contributed by atoms with E-state index < -0.39 is 0 Å². The molecule has 0 aliphatic rings. The molecule has 0 fully saturated rings. The largest absolute Gasteiger partial charge is 0.508 e. The molecule has 3 N–H and O–H groups in total. The molecule has 2 aromatic carbocycles. The third-order valence-corrected chi connectivity index (χ3v) is 6.88. The molecule has 0 spiro atoms. The number of carbonyl (C=O) groups excluding carboxylic acids is 2. The van der Waals surface area contributed by atoms with Gasteiger partial charge in [0.05, 0.1) is 0 Å². The number of nitrogens with one attached hydrogen (secondary N) is 2. The lowest BCUT2D eigenvalue weighted by Gasteiger charge is -2.09. The average molecular weight is 539 g/mol. The predicted molar refractivity (Wildman–Crippen MR) is 160 cm³/mol. The maximum Gasteiger partial charge on any atom is 0.233 e. The molecule has 0 unspecified atom stereocenters. The van der Waals surface area contributed by atoms with Crippen molar-refractivity contribution in [1.82, 2.24) is 5.32 Å². The monoisotopic (exact) mass is 538 g/mol. The molecule has 2 amide bonds. The van der Waals surface area contributed by atoms with Crippen molar-refractivity contribution in [3.8, 4) is 17.2 Å². The van der Waals surface area contributed by atoms with Crippen LogP contribution in [0.25, 0.3) is 0 Å². The van der Waals surface area contributed by atoms with Gasteiger partial charge >= 0.3 is 0 Å². The van der Waals surface area contributed by atoms with Crippen molar-refractivity contribution < 1.29 is 19.4 Å². The van der Waals surface area contributed by atoms with E-state index in [1.807, 2.05) is 0 Å². The molecule has 216 valence electrons. The first kappa shape index (κ1) is 32.2. The zero-order valence-corrected chi connectivity index (χ0v) is 24.0. The van der Waals surface area contributed by atoms with E-state index in [1.54, 1.807) is 48.5 Å². The van der Waals surface area contributed by atoms with E-state index in [2.05, 4.69) is 17.6 Å². The Morgan fingerprint density at radius 3 is 1.54 bits per heavy atom. The lowest BCUT2D eigenvalue weighted by Crippen LogP contribution is -2.28. The van der Waals surface area contributed by atoms with E-state index in [0.29, 0.717) is 23.7 Å². The molecular weight excluding hydrogens is 488 g/mol. The summed E-state index contributed by atoms with van der Waals surface area (Å²) in [5.74, 6) is 0.794. The van der Waals surface area contributed by atoms with Crippen molar-refractivity contribution in [2.45, 2.75) is 116 Å². The van der Waals surface area contributed by atoms with Crippen LogP contribution in [0.5, 0.6) is 17.2 Å². The van der Waals surface area contributed by atoms with Gasteiger partial charge < -0.3 is 20.5 Å². The smallest absolute Gasteiger partial charge is 0.233 e. The van der Waals surface area contributed by atoms with Crippen molar-refractivity contribution in [3.05, 3.63) is 48.5 Å². The Morgan fingerprint density at radius 2 is 1.05 bits per heavy atom. The fraction of sp³-hybridized carbons (Fsp3) is 0.576. The number of benzene rings is 2. The van der Waals surface area contributed by atoms with E-state index in [9.17, 15) is 14.7 Å². The summed E-state index contributed by atoms with van der Waals surface area (Å²) in [6.45, 7) is 2.89. The van der Waals surface area contributed by atoms with Gasteiger partial charge in [0.1, 0.15) is 23.7 Å². The molecule has 6 nitrogen and oxygen atoms in total. The minimum absolute atomic E-state index is 0.175. The van der Waals surface area contributed by atoms with Crippen LogP contribution in [0.2, 0.25) is 0 Å². The Hall–Kier alpha value is -3.02. The molecule has 6 heteroatoms. The summed E-state index contributed by atoms with van der Waals surface area (Å²) in [6, 6.07) is 13.4. The van der Waals surface area contributed by atoms with Crippen LogP contribution in [0.4, 0.5) is 5.69 Å². The Kier molecular flexibility index (Phi) is 17.2. The Balaban J connectivity index is 1.40. The fourth-order valence-electron chi connectivity index (χ4n) is 4.57. The normalized spacial score (nSPS) is 10.8. The second-order valence-corrected chi connectivity index (χ2v) is 10.5. The highest BCUT2D eigenvalue weighted by atomic mass is 16.5. The van der Waals surface area contributed by atoms with Crippen LogP contribution < -0.4 is 15.4 Å². The SMILES string of the molecule is CCCCCCCCCCCCCCCCCCNC(=O)CC(=O)Nc1ccc(Oc2ccc(O)cc2)cc1. The molecule has 0 aromatic heterocycles. The third-order valence-electron chi connectivity index (χ3n) is 6.88. The number of amides is 2. The highest BCUT2D eigenvalue weighted by Gasteiger charge is 2.09. The summed E-state index contributed by atoms with van der Waals surface area (Å²) in [5, 5.41) is 14.9. The molecule has 0 bridgehead atoms. The second kappa shape index (κ2) is 20.9. The molecule has 0 saturated carbocycles. The van der Waals surface area contributed by atoms with Crippen LogP contribution in [-0.4, -0.2) is 23.5 Å². The highest BCUT2D eigenvalue weighted by Crippen LogP contribution is 2.24. The number of hydrogen-bond acceptors (Lipinski definition) is 4. The number of rotatable bonds is 22. The lowest BCUT2D eigenvalue weighted by atomic mass is 10.0. The topological polar surface area (TPSA) is 87.7 Å². The van der Waals surface area contributed by atoms with Crippen LogP contribution >= 0.6 is 0 Å². The van der Waals surface area contributed by atoms with Gasteiger partial charge in [-0.1, -0.05) is 103 Å². The average Bonchev–Trinajstić information content (AvgIpc) is 2.92.